The van der Waals surface area contributed by atoms with Crippen molar-refractivity contribution < 1.29 is 13.9 Å². The van der Waals surface area contributed by atoms with Gasteiger partial charge in [-0.15, -0.1) is 0 Å². The average Bonchev–Trinajstić information content (AvgIpc) is 3.21. The van der Waals surface area contributed by atoms with Gasteiger partial charge in [-0.05, 0) is 48.0 Å². The molecule has 2 aromatic carbocycles. The highest BCUT2D eigenvalue weighted by atomic mass is 16.5. The summed E-state index contributed by atoms with van der Waals surface area (Å²) in [6.45, 7) is 1.61. The first-order valence-corrected chi connectivity index (χ1v) is 9.62. The van der Waals surface area contributed by atoms with E-state index in [0.29, 0.717) is 0 Å². The molecule has 2 heterocycles. The molecule has 0 aliphatic carbocycles. The Bertz CT molecular complexity index is 1090. The third-order valence-corrected chi connectivity index (χ3v) is 4.83. The molecule has 29 heavy (non-hydrogen) atoms. The molecule has 1 N–H and O–H groups in total. The number of pyridine rings is 1. The molecule has 0 aliphatic heterocycles. The Morgan fingerprint density at radius 2 is 1.90 bits per heavy atom. The number of hydrogen-bond acceptors (Lipinski definition) is 5. The van der Waals surface area contributed by atoms with Gasteiger partial charge >= 0.3 is 0 Å². The van der Waals surface area contributed by atoms with Gasteiger partial charge in [-0.2, -0.15) is 0 Å². The first-order valence-electron chi connectivity index (χ1n) is 9.62. The summed E-state index contributed by atoms with van der Waals surface area (Å²) < 4.78 is 17.0. The standard InChI is InChI=1S/C24H24N2O3/c1-27-21-8-5-6-18(14-21)22-15-19-12-17(13-23(28-2)24(19)29-22)16-25-11-9-20-7-3-4-10-26-20/h3-8,10,12-15,25H,9,11,16H2,1-2H3. The fraction of sp³-hybridized carbons (Fsp3) is 0.208. The monoisotopic (exact) mass is 388 g/mol. The maximum Gasteiger partial charge on any atom is 0.176 e. The molecule has 0 bridgehead atoms. The van der Waals surface area contributed by atoms with Crippen molar-refractivity contribution in [2.24, 2.45) is 0 Å². The van der Waals surface area contributed by atoms with Crippen LogP contribution in [0.1, 0.15) is 11.3 Å². The highest BCUT2D eigenvalue weighted by Crippen LogP contribution is 2.35. The molecule has 5 heteroatoms. The lowest BCUT2D eigenvalue weighted by atomic mass is 10.1. The number of ether oxygens (including phenoxy) is 2. The third kappa shape index (κ3) is 4.41. The van der Waals surface area contributed by atoms with Gasteiger partial charge in [0.25, 0.3) is 0 Å². The predicted octanol–water partition coefficient (Wildman–Crippen LogP) is 4.84. The van der Waals surface area contributed by atoms with E-state index >= 15 is 0 Å². The van der Waals surface area contributed by atoms with E-state index in [9.17, 15) is 0 Å². The lowest BCUT2D eigenvalue weighted by Gasteiger charge is -2.07. The van der Waals surface area contributed by atoms with E-state index < -0.39 is 0 Å². The van der Waals surface area contributed by atoms with Gasteiger partial charge in [0.1, 0.15) is 11.5 Å². The van der Waals surface area contributed by atoms with Crippen LogP contribution < -0.4 is 14.8 Å². The van der Waals surface area contributed by atoms with Crippen LogP contribution in [0.5, 0.6) is 11.5 Å². The Labute approximate surface area is 170 Å². The van der Waals surface area contributed by atoms with Crippen molar-refractivity contribution in [3.63, 3.8) is 0 Å². The van der Waals surface area contributed by atoms with Crippen molar-refractivity contribution in [2.75, 3.05) is 20.8 Å². The summed E-state index contributed by atoms with van der Waals surface area (Å²) in [6.07, 6.45) is 2.72. The minimum absolute atomic E-state index is 0.734. The number of nitrogens with zero attached hydrogens (tertiary/aromatic N) is 1. The summed E-state index contributed by atoms with van der Waals surface area (Å²) in [5.41, 5.74) is 3.96. The summed E-state index contributed by atoms with van der Waals surface area (Å²) in [5.74, 6) is 2.32. The molecule has 0 unspecified atom stereocenters. The predicted molar refractivity (Wildman–Crippen MR) is 114 cm³/mol. The lowest BCUT2D eigenvalue weighted by molar-refractivity contribution is 0.410. The van der Waals surface area contributed by atoms with Crippen LogP contribution in [0.2, 0.25) is 0 Å². The first kappa shape index (κ1) is 19.0. The van der Waals surface area contributed by atoms with E-state index in [1.165, 1.54) is 0 Å². The summed E-state index contributed by atoms with van der Waals surface area (Å²) in [6, 6.07) is 20.0. The van der Waals surface area contributed by atoms with E-state index in [1.807, 2.05) is 60.8 Å². The van der Waals surface area contributed by atoms with Crippen molar-refractivity contribution in [1.82, 2.24) is 10.3 Å². The largest absolute Gasteiger partial charge is 0.497 e. The van der Waals surface area contributed by atoms with Crippen LogP contribution in [0.15, 0.2) is 71.3 Å². The maximum absolute atomic E-state index is 6.10. The molecule has 0 amide bonds. The first-order chi connectivity index (χ1) is 14.3. The fourth-order valence-corrected chi connectivity index (χ4v) is 3.35. The Balaban J connectivity index is 1.52. The number of methoxy groups -OCH3 is 2. The van der Waals surface area contributed by atoms with Crippen LogP contribution in [0.3, 0.4) is 0 Å². The van der Waals surface area contributed by atoms with Gasteiger partial charge in [-0.1, -0.05) is 18.2 Å². The molecule has 148 valence electrons. The zero-order valence-electron chi connectivity index (χ0n) is 16.6. The van der Waals surface area contributed by atoms with Gasteiger partial charge in [0.05, 0.1) is 14.2 Å². The van der Waals surface area contributed by atoms with Crippen molar-refractivity contribution in [1.29, 1.82) is 0 Å². The maximum atomic E-state index is 6.10. The highest BCUT2D eigenvalue weighted by Gasteiger charge is 2.13. The van der Waals surface area contributed by atoms with Crippen molar-refractivity contribution >= 4 is 11.0 Å². The van der Waals surface area contributed by atoms with E-state index in [1.54, 1.807) is 14.2 Å². The van der Waals surface area contributed by atoms with Gasteiger partial charge in [-0.3, -0.25) is 4.98 Å². The normalized spacial score (nSPS) is 11.0. The Morgan fingerprint density at radius 1 is 0.966 bits per heavy atom. The Kier molecular flexibility index (Phi) is 5.77. The summed E-state index contributed by atoms with van der Waals surface area (Å²) in [4.78, 5) is 4.35. The molecule has 0 spiro atoms. The van der Waals surface area contributed by atoms with E-state index in [2.05, 4.69) is 16.4 Å². The molecule has 4 aromatic rings. The summed E-state index contributed by atoms with van der Waals surface area (Å²) in [7, 11) is 3.33. The molecule has 4 rings (SSSR count). The molecule has 0 saturated heterocycles. The summed E-state index contributed by atoms with van der Waals surface area (Å²) in [5, 5.41) is 4.49. The number of furan rings is 1. The minimum Gasteiger partial charge on any atom is -0.497 e. The Hall–Kier alpha value is -3.31. The topological polar surface area (TPSA) is 56.5 Å². The smallest absolute Gasteiger partial charge is 0.176 e. The molecule has 0 aliphatic rings. The highest BCUT2D eigenvalue weighted by molar-refractivity contribution is 5.88. The van der Waals surface area contributed by atoms with Gasteiger partial charge in [-0.25, -0.2) is 0 Å². The second kappa shape index (κ2) is 8.80. The number of rotatable bonds is 8. The number of hydrogen-bond donors (Lipinski definition) is 1. The molecular weight excluding hydrogens is 364 g/mol. The molecule has 5 nitrogen and oxygen atoms in total. The average molecular weight is 388 g/mol. The molecular formula is C24H24N2O3. The van der Waals surface area contributed by atoms with E-state index in [0.717, 1.165) is 64.6 Å². The van der Waals surface area contributed by atoms with Crippen LogP contribution in [0.4, 0.5) is 0 Å². The van der Waals surface area contributed by atoms with Crippen LogP contribution in [-0.4, -0.2) is 25.7 Å². The molecule has 0 radical (unpaired) electrons. The number of fused-ring (bicyclic) bond motifs is 1. The van der Waals surface area contributed by atoms with E-state index in [4.69, 9.17) is 13.9 Å². The van der Waals surface area contributed by atoms with Gasteiger partial charge in [0.2, 0.25) is 0 Å². The molecule has 2 aromatic heterocycles. The number of benzene rings is 2. The fourth-order valence-electron chi connectivity index (χ4n) is 3.35. The molecule has 0 atom stereocenters. The second-order valence-electron chi connectivity index (χ2n) is 6.81. The zero-order valence-corrected chi connectivity index (χ0v) is 16.6. The Morgan fingerprint density at radius 3 is 2.69 bits per heavy atom. The van der Waals surface area contributed by atoms with Gasteiger partial charge in [0.15, 0.2) is 11.3 Å². The quantitative estimate of drug-likeness (QED) is 0.438. The van der Waals surface area contributed by atoms with Crippen LogP contribution in [0.25, 0.3) is 22.3 Å². The van der Waals surface area contributed by atoms with Crippen LogP contribution in [-0.2, 0) is 13.0 Å². The van der Waals surface area contributed by atoms with Crippen molar-refractivity contribution in [2.45, 2.75) is 13.0 Å². The van der Waals surface area contributed by atoms with Gasteiger partial charge < -0.3 is 19.2 Å². The van der Waals surface area contributed by atoms with Crippen LogP contribution in [0, 0.1) is 0 Å². The molecule has 0 fully saturated rings. The van der Waals surface area contributed by atoms with Crippen molar-refractivity contribution in [3.05, 3.63) is 78.1 Å². The zero-order chi connectivity index (χ0) is 20.1. The van der Waals surface area contributed by atoms with E-state index in [-0.39, 0.29) is 0 Å². The van der Waals surface area contributed by atoms with Crippen molar-refractivity contribution in [3.8, 4) is 22.8 Å². The number of nitrogens with one attached hydrogen (secondary N) is 1. The molecule has 0 saturated carbocycles. The lowest BCUT2D eigenvalue weighted by Crippen LogP contribution is -2.17. The third-order valence-electron chi connectivity index (χ3n) is 4.83. The summed E-state index contributed by atoms with van der Waals surface area (Å²) >= 11 is 0. The number of aromatic nitrogens is 1. The van der Waals surface area contributed by atoms with Gasteiger partial charge in [0, 0.05) is 42.4 Å². The minimum atomic E-state index is 0.734. The second-order valence-corrected chi connectivity index (χ2v) is 6.81. The van der Waals surface area contributed by atoms with Crippen LogP contribution >= 0.6 is 0 Å². The SMILES string of the molecule is COc1cccc(-c2cc3cc(CNCCc4ccccn4)cc(OC)c3o2)c1.